The van der Waals surface area contributed by atoms with Gasteiger partial charge in [-0.2, -0.15) is 4.31 Å². The van der Waals surface area contributed by atoms with E-state index in [-0.39, 0.29) is 5.25 Å². The summed E-state index contributed by atoms with van der Waals surface area (Å²) in [5, 5.41) is -0.296. The van der Waals surface area contributed by atoms with Crippen LogP contribution in [0.2, 0.25) is 0 Å². The van der Waals surface area contributed by atoms with E-state index in [0.29, 0.717) is 19.1 Å². The second-order valence-electron chi connectivity index (χ2n) is 4.03. The standard InChI is InChI=1S/C8H18N2O2S/c1-7(2)13(11,12)10-5-8(6-10)9(3)4/h7-8H,5-6H2,1-4H3. The molecule has 0 aromatic rings. The van der Waals surface area contributed by atoms with Crippen molar-refractivity contribution in [1.82, 2.24) is 9.21 Å². The Labute approximate surface area is 80.6 Å². The summed E-state index contributed by atoms with van der Waals surface area (Å²) < 4.78 is 24.7. The number of nitrogens with zero attached hydrogens (tertiary/aromatic N) is 2. The summed E-state index contributed by atoms with van der Waals surface area (Å²) >= 11 is 0. The predicted octanol–water partition coefficient (Wildman–Crippen LogP) is -0.0296. The highest BCUT2D eigenvalue weighted by molar-refractivity contribution is 7.89. The van der Waals surface area contributed by atoms with Gasteiger partial charge in [-0.1, -0.05) is 0 Å². The molecule has 1 fully saturated rings. The molecule has 0 unspecified atom stereocenters. The Hall–Kier alpha value is -0.130. The van der Waals surface area contributed by atoms with E-state index in [4.69, 9.17) is 0 Å². The number of sulfonamides is 1. The average molecular weight is 206 g/mol. The molecule has 13 heavy (non-hydrogen) atoms. The first kappa shape index (κ1) is 10.9. The zero-order chi connectivity index (χ0) is 10.2. The highest BCUT2D eigenvalue weighted by Crippen LogP contribution is 2.19. The van der Waals surface area contributed by atoms with Crippen molar-refractivity contribution >= 4 is 10.0 Å². The van der Waals surface area contributed by atoms with Crippen molar-refractivity contribution in [3.63, 3.8) is 0 Å². The normalized spacial score (nSPS) is 21.1. The fourth-order valence-electron chi connectivity index (χ4n) is 1.25. The number of hydrogen-bond donors (Lipinski definition) is 0. The maximum Gasteiger partial charge on any atom is 0.216 e. The van der Waals surface area contributed by atoms with Crippen LogP contribution >= 0.6 is 0 Å². The van der Waals surface area contributed by atoms with Crippen LogP contribution in [0.15, 0.2) is 0 Å². The number of hydrogen-bond acceptors (Lipinski definition) is 3. The molecule has 1 saturated heterocycles. The first-order valence-corrected chi connectivity index (χ1v) is 6.01. The number of likely N-dealkylation sites (N-methyl/N-ethyl adjacent to an activating group) is 1. The van der Waals surface area contributed by atoms with Gasteiger partial charge in [-0.15, -0.1) is 0 Å². The molecule has 78 valence electrons. The zero-order valence-electron chi connectivity index (χ0n) is 8.69. The molecule has 1 aliphatic rings. The van der Waals surface area contributed by atoms with Crippen molar-refractivity contribution in [2.75, 3.05) is 27.2 Å². The van der Waals surface area contributed by atoms with Gasteiger partial charge in [0.15, 0.2) is 0 Å². The smallest absolute Gasteiger partial charge is 0.216 e. The third-order valence-electron chi connectivity index (χ3n) is 2.51. The molecule has 0 saturated carbocycles. The summed E-state index contributed by atoms with van der Waals surface area (Å²) in [6.45, 7) is 4.73. The fourth-order valence-corrected chi connectivity index (χ4v) is 2.61. The molecular formula is C8H18N2O2S. The van der Waals surface area contributed by atoms with Crippen LogP contribution in [-0.4, -0.2) is 56.1 Å². The molecule has 0 bridgehead atoms. The monoisotopic (exact) mass is 206 g/mol. The molecule has 1 heterocycles. The lowest BCUT2D eigenvalue weighted by molar-refractivity contribution is 0.133. The fraction of sp³-hybridized carbons (Fsp3) is 1.00. The van der Waals surface area contributed by atoms with Crippen molar-refractivity contribution in [3.8, 4) is 0 Å². The Kier molecular flexibility index (Phi) is 2.99. The average Bonchev–Trinajstić information content (AvgIpc) is 1.80. The summed E-state index contributed by atoms with van der Waals surface area (Å²) in [4.78, 5) is 2.06. The van der Waals surface area contributed by atoms with E-state index in [1.54, 1.807) is 18.2 Å². The molecular weight excluding hydrogens is 188 g/mol. The zero-order valence-corrected chi connectivity index (χ0v) is 9.50. The largest absolute Gasteiger partial charge is 0.304 e. The number of rotatable bonds is 3. The lowest BCUT2D eigenvalue weighted by Crippen LogP contribution is -2.60. The first-order valence-electron chi connectivity index (χ1n) is 4.51. The quantitative estimate of drug-likeness (QED) is 0.651. The minimum atomic E-state index is -3.00. The summed E-state index contributed by atoms with van der Waals surface area (Å²) in [5.74, 6) is 0. The van der Waals surface area contributed by atoms with Gasteiger partial charge in [-0.05, 0) is 27.9 Å². The van der Waals surface area contributed by atoms with Crippen molar-refractivity contribution < 1.29 is 8.42 Å². The van der Waals surface area contributed by atoms with E-state index >= 15 is 0 Å². The summed E-state index contributed by atoms with van der Waals surface area (Å²) in [6.07, 6.45) is 0. The van der Waals surface area contributed by atoms with Gasteiger partial charge in [0, 0.05) is 19.1 Å². The van der Waals surface area contributed by atoms with Gasteiger partial charge in [0.1, 0.15) is 0 Å². The van der Waals surface area contributed by atoms with Crippen molar-refractivity contribution in [2.45, 2.75) is 25.1 Å². The SMILES string of the molecule is CC(C)S(=O)(=O)N1CC(N(C)C)C1. The maximum atomic E-state index is 11.6. The molecule has 0 atom stereocenters. The maximum absolute atomic E-state index is 11.6. The first-order chi connectivity index (χ1) is 5.85. The minimum absolute atomic E-state index is 0.296. The van der Waals surface area contributed by atoms with Crippen LogP contribution in [0.1, 0.15) is 13.8 Å². The van der Waals surface area contributed by atoms with E-state index in [2.05, 4.69) is 4.90 Å². The molecule has 0 radical (unpaired) electrons. The molecule has 0 aliphatic carbocycles. The van der Waals surface area contributed by atoms with Crippen molar-refractivity contribution in [2.24, 2.45) is 0 Å². The predicted molar refractivity (Wildman–Crippen MR) is 53.1 cm³/mol. The molecule has 4 nitrogen and oxygen atoms in total. The highest BCUT2D eigenvalue weighted by atomic mass is 32.2. The van der Waals surface area contributed by atoms with Gasteiger partial charge >= 0.3 is 0 Å². The lowest BCUT2D eigenvalue weighted by atomic mass is 10.2. The third-order valence-corrected chi connectivity index (χ3v) is 4.72. The van der Waals surface area contributed by atoms with Crippen molar-refractivity contribution in [1.29, 1.82) is 0 Å². The van der Waals surface area contributed by atoms with Crippen LogP contribution < -0.4 is 0 Å². The Morgan fingerprint density at radius 3 is 2.08 bits per heavy atom. The lowest BCUT2D eigenvalue weighted by Gasteiger charge is -2.42. The van der Waals surface area contributed by atoms with Gasteiger partial charge in [-0.3, -0.25) is 0 Å². The van der Waals surface area contributed by atoms with E-state index in [1.165, 1.54) is 0 Å². The molecule has 0 aromatic heterocycles. The molecule has 0 spiro atoms. The van der Waals surface area contributed by atoms with E-state index in [9.17, 15) is 8.42 Å². The van der Waals surface area contributed by atoms with Gasteiger partial charge < -0.3 is 4.90 Å². The molecule has 0 N–H and O–H groups in total. The Morgan fingerprint density at radius 2 is 1.77 bits per heavy atom. The highest BCUT2D eigenvalue weighted by Gasteiger charge is 2.37. The van der Waals surface area contributed by atoms with Gasteiger partial charge in [-0.25, -0.2) is 8.42 Å². The van der Waals surface area contributed by atoms with E-state index < -0.39 is 10.0 Å². The van der Waals surface area contributed by atoms with E-state index in [0.717, 1.165) is 0 Å². The minimum Gasteiger partial charge on any atom is -0.304 e. The molecule has 0 amide bonds. The summed E-state index contributed by atoms with van der Waals surface area (Å²) in [7, 11) is 0.952. The van der Waals surface area contributed by atoms with Gasteiger partial charge in [0.25, 0.3) is 0 Å². The van der Waals surface area contributed by atoms with Crippen LogP contribution in [0.5, 0.6) is 0 Å². The Bertz CT molecular complexity index is 266. The van der Waals surface area contributed by atoms with Crippen molar-refractivity contribution in [3.05, 3.63) is 0 Å². The van der Waals surface area contributed by atoms with Crippen LogP contribution in [0.3, 0.4) is 0 Å². The van der Waals surface area contributed by atoms with Crippen LogP contribution in [-0.2, 0) is 10.0 Å². The third kappa shape index (κ3) is 2.03. The second kappa shape index (κ2) is 3.55. The van der Waals surface area contributed by atoms with Crippen LogP contribution in [0.4, 0.5) is 0 Å². The van der Waals surface area contributed by atoms with Crippen LogP contribution in [0.25, 0.3) is 0 Å². The van der Waals surface area contributed by atoms with Crippen LogP contribution in [0, 0.1) is 0 Å². The molecule has 5 heteroatoms. The molecule has 1 rings (SSSR count). The second-order valence-corrected chi connectivity index (χ2v) is 6.52. The molecule has 0 aromatic carbocycles. The summed E-state index contributed by atoms with van der Waals surface area (Å²) in [5.41, 5.74) is 0. The van der Waals surface area contributed by atoms with E-state index in [1.807, 2.05) is 14.1 Å². The topological polar surface area (TPSA) is 40.6 Å². The summed E-state index contributed by atoms with van der Waals surface area (Å²) in [6, 6.07) is 0.397. The Morgan fingerprint density at radius 1 is 1.31 bits per heavy atom. The Balaban J connectivity index is 2.53. The van der Waals surface area contributed by atoms with Gasteiger partial charge in [0.05, 0.1) is 5.25 Å². The van der Waals surface area contributed by atoms with Gasteiger partial charge in [0.2, 0.25) is 10.0 Å². The molecule has 1 aliphatic heterocycles.